The Kier molecular flexibility index (Phi) is 9.24. The summed E-state index contributed by atoms with van der Waals surface area (Å²) in [5.41, 5.74) is 2.61. The fraction of sp³-hybridized carbons (Fsp3) is 0.400. The second kappa shape index (κ2) is 12.6. The number of thioether (sulfide) groups is 1. The number of carbonyl (C=O) groups excluding carboxylic acids is 1. The number of piperidine rings is 1. The van der Waals surface area contributed by atoms with E-state index in [1.165, 1.54) is 22.2 Å². The maximum Gasteiger partial charge on any atom is 0.270 e. The molecule has 0 N–H and O–H groups in total. The van der Waals surface area contributed by atoms with E-state index < -0.39 is 0 Å². The van der Waals surface area contributed by atoms with Crippen LogP contribution >= 0.6 is 24.0 Å². The Bertz CT molecular complexity index is 1350. The van der Waals surface area contributed by atoms with Gasteiger partial charge in [-0.05, 0) is 55.7 Å². The minimum Gasteiger partial charge on any atom is -0.357 e. The Morgan fingerprint density at radius 1 is 1.21 bits per heavy atom. The number of hydrogen-bond donors (Lipinski definition) is 0. The van der Waals surface area contributed by atoms with Gasteiger partial charge in [0.2, 0.25) is 0 Å². The molecule has 2 aliphatic heterocycles. The van der Waals surface area contributed by atoms with E-state index >= 15 is 0 Å². The van der Waals surface area contributed by atoms with Crippen molar-refractivity contribution in [1.82, 2.24) is 9.47 Å². The molecule has 2 aromatic rings. The highest BCUT2D eigenvalue weighted by Crippen LogP contribution is 2.37. The second-order valence-electron chi connectivity index (χ2n) is 9.86. The number of rotatable bonds is 9. The number of nitriles is 1. The minimum absolute atomic E-state index is 0.136. The average Bonchev–Trinajstić information content (AvgIpc) is 3.18. The largest absolute Gasteiger partial charge is 0.357 e. The van der Waals surface area contributed by atoms with Crippen LogP contribution < -0.4 is 10.5 Å². The Morgan fingerprint density at radius 3 is 2.55 bits per heavy atom. The molecular weight excluding hydrogens is 512 g/mol. The summed E-state index contributed by atoms with van der Waals surface area (Å²) >= 11 is 6.70. The van der Waals surface area contributed by atoms with Gasteiger partial charge in [0.15, 0.2) is 0 Å². The number of unbranched alkanes of at least 4 members (excludes halogenated alkanes) is 1. The molecule has 1 aromatic carbocycles. The first-order valence-corrected chi connectivity index (χ1v) is 14.4. The highest BCUT2D eigenvalue weighted by molar-refractivity contribution is 8.26. The van der Waals surface area contributed by atoms with Crippen LogP contribution in [0.2, 0.25) is 0 Å². The predicted octanol–water partition coefficient (Wildman–Crippen LogP) is 5.67. The van der Waals surface area contributed by atoms with Gasteiger partial charge in [0.25, 0.3) is 11.5 Å². The van der Waals surface area contributed by atoms with Crippen LogP contribution in [0.25, 0.3) is 6.08 Å². The number of pyridine rings is 1. The van der Waals surface area contributed by atoms with E-state index in [-0.39, 0.29) is 17.0 Å². The van der Waals surface area contributed by atoms with Crippen molar-refractivity contribution >= 4 is 46.1 Å². The van der Waals surface area contributed by atoms with Crippen LogP contribution in [0.4, 0.5) is 5.82 Å². The van der Waals surface area contributed by atoms with Gasteiger partial charge in [0.1, 0.15) is 21.8 Å². The van der Waals surface area contributed by atoms with E-state index in [1.54, 1.807) is 10.6 Å². The quantitative estimate of drug-likeness (QED) is 0.229. The lowest BCUT2D eigenvalue weighted by molar-refractivity contribution is -0.121. The summed E-state index contributed by atoms with van der Waals surface area (Å²) < 4.78 is 2.25. The molecule has 4 rings (SSSR count). The molecule has 8 heteroatoms. The molecule has 0 unspecified atom stereocenters. The molecule has 6 nitrogen and oxygen atoms in total. The smallest absolute Gasteiger partial charge is 0.270 e. The van der Waals surface area contributed by atoms with Crippen LogP contribution in [0.5, 0.6) is 0 Å². The van der Waals surface area contributed by atoms with E-state index in [0.29, 0.717) is 33.8 Å². The van der Waals surface area contributed by atoms with Crippen molar-refractivity contribution in [1.29, 1.82) is 5.26 Å². The zero-order chi connectivity index (χ0) is 27.2. The zero-order valence-corrected chi connectivity index (χ0v) is 23.7. The average molecular weight is 547 g/mol. The Labute approximate surface area is 234 Å². The lowest BCUT2D eigenvalue weighted by Gasteiger charge is -2.36. The summed E-state index contributed by atoms with van der Waals surface area (Å²) in [6, 6.07) is 12.7. The number of aromatic nitrogens is 1. The number of thiocarbonyl (C=S) groups is 1. The Hall–Kier alpha value is -3.15. The van der Waals surface area contributed by atoms with Crippen molar-refractivity contribution in [3.63, 3.8) is 0 Å². The molecule has 0 aliphatic carbocycles. The summed E-state index contributed by atoms with van der Waals surface area (Å²) in [6.45, 7) is 10.1. The van der Waals surface area contributed by atoms with E-state index in [2.05, 4.69) is 48.7 Å². The Balaban J connectivity index is 1.75. The van der Waals surface area contributed by atoms with Crippen molar-refractivity contribution in [3.8, 4) is 6.07 Å². The summed E-state index contributed by atoms with van der Waals surface area (Å²) in [5, 5.41) is 9.91. The maximum atomic E-state index is 13.5. The molecular formula is C30H34N4O2S2. The normalized spacial score (nSPS) is 17.3. The fourth-order valence-corrected chi connectivity index (χ4v) is 6.48. The summed E-state index contributed by atoms with van der Waals surface area (Å²) in [6.07, 6.45) is 8.31. The van der Waals surface area contributed by atoms with E-state index in [0.717, 1.165) is 56.6 Å². The van der Waals surface area contributed by atoms with Crippen LogP contribution in [0.1, 0.15) is 54.9 Å². The molecule has 2 saturated heterocycles. The number of anilines is 1. The van der Waals surface area contributed by atoms with Crippen LogP contribution in [0.3, 0.4) is 0 Å². The number of hydrogen-bond acceptors (Lipinski definition) is 6. The van der Waals surface area contributed by atoms with Crippen molar-refractivity contribution < 1.29 is 4.79 Å². The predicted molar refractivity (Wildman–Crippen MR) is 160 cm³/mol. The monoisotopic (exact) mass is 546 g/mol. The first-order chi connectivity index (χ1) is 18.4. The number of nitrogens with zero attached hydrogens (tertiary/aromatic N) is 4. The maximum absolute atomic E-state index is 13.5. The number of benzene rings is 1. The molecule has 0 atom stereocenters. The van der Waals surface area contributed by atoms with Gasteiger partial charge in [-0.15, -0.1) is 6.58 Å². The summed E-state index contributed by atoms with van der Waals surface area (Å²) in [7, 11) is 0. The molecule has 0 radical (unpaired) electrons. The van der Waals surface area contributed by atoms with Crippen molar-refractivity contribution in [3.05, 3.63) is 80.5 Å². The van der Waals surface area contributed by atoms with Gasteiger partial charge in [-0.25, -0.2) is 0 Å². The molecule has 198 valence electrons. The third-order valence-corrected chi connectivity index (χ3v) is 8.70. The summed E-state index contributed by atoms with van der Waals surface area (Å²) in [5.74, 6) is 1.21. The molecule has 1 amide bonds. The molecule has 3 heterocycles. The first-order valence-electron chi connectivity index (χ1n) is 13.2. The lowest BCUT2D eigenvalue weighted by atomic mass is 9.90. The standard InChI is InChI=1S/C30H34N4O2S2/c1-4-6-15-33-27(32-16-12-23(13-17-32)18-22-10-8-7-9-11-22)24(21(3)25(20-31)28(33)35)19-26-29(36)34(14-5-2)30(37)38-26/h5,7-11,19,23H,2,4,6,12-18H2,1,3H3. The van der Waals surface area contributed by atoms with Gasteiger partial charge in [-0.2, -0.15) is 5.26 Å². The second-order valence-corrected chi connectivity index (χ2v) is 11.5. The minimum atomic E-state index is -0.254. The van der Waals surface area contributed by atoms with Crippen LogP contribution in [0.15, 0.2) is 52.7 Å². The molecule has 38 heavy (non-hydrogen) atoms. The molecule has 2 fully saturated rings. The van der Waals surface area contributed by atoms with E-state index in [1.807, 2.05) is 19.1 Å². The van der Waals surface area contributed by atoms with Crippen LogP contribution in [-0.2, 0) is 17.8 Å². The number of amides is 1. The van der Waals surface area contributed by atoms with Gasteiger partial charge < -0.3 is 4.90 Å². The third kappa shape index (κ3) is 5.79. The van der Waals surface area contributed by atoms with Gasteiger partial charge in [0.05, 0.1) is 4.91 Å². The Morgan fingerprint density at radius 2 is 1.92 bits per heavy atom. The molecule has 0 bridgehead atoms. The van der Waals surface area contributed by atoms with Crippen molar-refractivity contribution in [2.75, 3.05) is 24.5 Å². The lowest BCUT2D eigenvalue weighted by Crippen LogP contribution is -2.40. The van der Waals surface area contributed by atoms with E-state index in [9.17, 15) is 14.9 Å². The van der Waals surface area contributed by atoms with Gasteiger partial charge in [0, 0.05) is 31.7 Å². The van der Waals surface area contributed by atoms with Crippen LogP contribution in [0, 0.1) is 24.2 Å². The number of carbonyl (C=O) groups is 1. The molecule has 0 saturated carbocycles. The van der Waals surface area contributed by atoms with Gasteiger partial charge in [-0.1, -0.05) is 73.7 Å². The van der Waals surface area contributed by atoms with Crippen molar-refractivity contribution in [2.45, 2.75) is 52.5 Å². The molecule has 1 aromatic heterocycles. The van der Waals surface area contributed by atoms with Gasteiger partial charge in [-0.3, -0.25) is 19.1 Å². The fourth-order valence-electron chi connectivity index (χ4n) is 5.22. The topological polar surface area (TPSA) is 69.3 Å². The third-order valence-electron chi connectivity index (χ3n) is 7.32. The highest BCUT2D eigenvalue weighted by Gasteiger charge is 2.33. The highest BCUT2D eigenvalue weighted by atomic mass is 32.2. The molecule has 2 aliphatic rings. The van der Waals surface area contributed by atoms with Crippen LogP contribution in [-0.4, -0.2) is 39.3 Å². The van der Waals surface area contributed by atoms with Crippen molar-refractivity contribution in [2.24, 2.45) is 5.92 Å². The molecule has 0 spiro atoms. The van der Waals surface area contributed by atoms with E-state index in [4.69, 9.17) is 12.2 Å². The van der Waals surface area contributed by atoms with Gasteiger partial charge >= 0.3 is 0 Å². The summed E-state index contributed by atoms with van der Waals surface area (Å²) in [4.78, 5) is 31.0. The zero-order valence-electron chi connectivity index (χ0n) is 22.1. The SMILES string of the molecule is C=CCN1C(=O)C(=Cc2c(C)c(C#N)c(=O)n(CCCC)c2N2CCC(Cc3ccccc3)CC2)SC1=S. The first kappa shape index (κ1) is 27.9.